The third-order valence-electron chi connectivity index (χ3n) is 2.19. The van der Waals surface area contributed by atoms with Gasteiger partial charge < -0.3 is 5.73 Å². The molecule has 1 amide bonds. The number of benzene rings is 1. The molecule has 0 saturated heterocycles. The molecule has 1 rings (SSSR count). The minimum absolute atomic E-state index is 0.0562. The predicted molar refractivity (Wildman–Crippen MR) is 53.8 cm³/mol. The average Bonchev–Trinajstić information content (AvgIpc) is 2.24. The number of rotatable bonds is 4. The van der Waals surface area contributed by atoms with Crippen molar-refractivity contribution in [2.45, 2.75) is 25.7 Å². The Morgan fingerprint density at radius 2 is 1.76 bits per heavy atom. The first-order valence-electron chi connectivity index (χ1n) is 4.87. The fourth-order valence-corrected chi connectivity index (χ4v) is 1.42. The number of aryl methyl sites for hydroxylation is 1. The number of hydrogen-bond acceptors (Lipinski definition) is 1. The largest absolute Gasteiger partial charge is 0.416 e. The van der Waals surface area contributed by atoms with Crippen LogP contribution in [0.2, 0.25) is 0 Å². The van der Waals surface area contributed by atoms with Crippen molar-refractivity contribution in [1.82, 2.24) is 0 Å². The molecule has 0 spiro atoms. The highest BCUT2D eigenvalue weighted by molar-refractivity contribution is 5.74. The van der Waals surface area contributed by atoms with E-state index in [2.05, 4.69) is 0 Å². The summed E-state index contributed by atoms with van der Waals surface area (Å²) in [6.45, 7) is -0.979. The van der Waals surface area contributed by atoms with Crippen molar-refractivity contribution in [2.75, 3.05) is 0 Å². The number of halogens is 4. The molecule has 0 aliphatic rings. The van der Waals surface area contributed by atoms with Gasteiger partial charge in [-0.05, 0) is 29.7 Å². The molecular formula is C11H11F4NO. The SMILES string of the molecule is NC(=O)CCc1cc(CF)cc(C(F)(F)F)c1. The normalized spacial score (nSPS) is 11.5. The third-order valence-corrected chi connectivity index (χ3v) is 2.19. The zero-order chi connectivity index (χ0) is 13.1. The molecule has 6 heteroatoms. The number of alkyl halides is 4. The summed E-state index contributed by atoms with van der Waals surface area (Å²) in [5.41, 5.74) is 4.19. The van der Waals surface area contributed by atoms with Gasteiger partial charge in [0.15, 0.2) is 0 Å². The molecule has 0 radical (unpaired) electrons. The molecule has 0 aliphatic carbocycles. The van der Waals surface area contributed by atoms with E-state index in [-0.39, 0.29) is 24.0 Å². The van der Waals surface area contributed by atoms with Crippen LogP contribution in [-0.2, 0) is 24.1 Å². The molecule has 2 N–H and O–H groups in total. The Bertz CT molecular complexity index is 414. The van der Waals surface area contributed by atoms with Gasteiger partial charge in [-0.2, -0.15) is 13.2 Å². The average molecular weight is 249 g/mol. The van der Waals surface area contributed by atoms with Gasteiger partial charge in [0, 0.05) is 6.42 Å². The van der Waals surface area contributed by atoms with Crippen molar-refractivity contribution in [2.24, 2.45) is 5.73 Å². The van der Waals surface area contributed by atoms with Crippen LogP contribution in [0.3, 0.4) is 0 Å². The van der Waals surface area contributed by atoms with Crippen LogP contribution in [0.4, 0.5) is 17.6 Å². The molecule has 1 aromatic carbocycles. The third kappa shape index (κ3) is 4.05. The Hall–Kier alpha value is -1.59. The van der Waals surface area contributed by atoms with E-state index in [1.165, 1.54) is 6.07 Å². The molecule has 0 fully saturated rings. The number of amides is 1. The zero-order valence-electron chi connectivity index (χ0n) is 8.85. The summed E-state index contributed by atoms with van der Waals surface area (Å²) in [5, 5.41) is 0. The molecular weight excluding hydrogens is 238 g/mol. The minimum Gasteiger partial charge on any atom is -0.370 e. The second kappa shape index (κ2) is 5.16. The number of carbonyl (C=O) groups excluding carboxylic acids is 1. The fourth-order valence-electron chi connectivity index (χ4n) is 1.42. The highest BCUT2D eigenvalue weighted by atomic mass is 19.4. The van der Waals surface area contributed by atoms with Crippen LogP contribution in [0, 0.1) is 0 Å². The summed E-state index contributed by atoms with van der Waals surface area (Å²) in [5.74, 6) is -0.607. The van der Waals surface area contributed by atoms with E-state index >= 15 is 0 Å². The van der Waals surface area contributed by atoms with E-state index < -0.39 is 24.3 Å². The van der Waals surface area contributed by atoms with Crippen LogP contribution in [0.5, 0.6) is 0 Å². The van der Waals surface area contributed by atoms with E-state index in [1.54, 1.807) is 0 Å². The van der Waals surface area contributed by atoms with Crippen molar-refractivity contribution < 1.29 is 22.4 Å². The lowest BCUT2D eigenvalue weighted by Gasteiger charge is -2.10. The second-order valence-electron chi connectivity index (χ2n) is 3.64. The summed E-state index contributed by atoms with van der Waals surface area (Å²) in [6.07, 6.45) is -4.51. The van der Waals surface area contributed by atoms with Gasteiger partial charge >= 0.3 is 6.18 Å². The molecule has 0 unspecified atom stereocenters. The van der Waals surface area contributed by atoms with Gasteiger partial charge in [0.2, 0.25) is 5.91 Å². The van der Waals surface area contributed by atoms with E-state index in [0.29, 0.717) is 0 Å². The lowest BCUT2D eigenvalue weighted by Crippen LogP contribution is -2.12. The number of carbonyl (C=O) groups is 1. The highest BCUT2D eigenvalue weighted by Crippen LogP contribution is 2.31. The van der Waals surface area contributed by atoms with Crippen LogP contribution in [0.25, 0.3) is 0 Å². The topological polar surface area (TPSA) is 43.1 Å². The fraction of sp³-hybridized carbons (Fsp3) is 0.364. The van der Waals surface area contributed by atoms with E-state index in [1.807, 2.05) is 0 Å². The maximum atomic E-state index is 12.5. The zero-order valence-corrected chi connectivity index (χ0v) is 8.85. The van der Waals surface area contributed by atoms with Gasteiger partial charge in [-0.1, -0.05) is 6.07 Å². The summed E-state index contributed by atoms with van der Waals surface area (Å²) < 4.78 is 49.8. The first kappa shape index (κ1) is 13.5. The van der Waals surface area contributed by atoms with Crippen LogP contribution in [0.1, 0.15) is 23.1 Å². The molecule has 0 saturated carbocycles. The maximum Gasteiger partial charge on any atom is 0.416 e. The van der Waals surface area contributed by atoms with Crippen molar-refractivity contribution >= 4 is 5.91 Å². The standard InChI is InChI=1S/C11H11F4NO/c12-6-8-3-7(1-2-10(16)17)4-9(5-8)11(13,14)15/h3-5H,1-2,6H2,(H2,16,17). The van der Waals surface area contributed by atoms with Gasteiger partial charge in [-0.3, -0.25) is 4.79 Å². The second-order valence-corrected chi connectivity index (χ2v) is 3.64. The van der Waals surface area contributed by atoms with Crippen molar-refractivity contribution in [3.63, 3.8) is 0 Å². The van der Waals surface area contributed by atoms with Crippen molar-refractivity contribution in [3.05, 3.63) is 34.9 Å². The molecule has 1 aromatic rings. The Kier molecular flexibility index (Phi) is 4.09. The summed E-state index contributed by atoms with van der Waals surface area (Å²) in [4.78, 5) is 10.5. The highest BCUT2D eigenvalue weighted by Gasteiger charge is 2.31. The van der Waals surface area contributed by atoms with Crippen molar-refractivity contribution in [1.29, 1.82) is 0 Å². The molecule has 94 valence electrons. The minimum atomic E-state index is -4.52. The predicted octanol–water partition coefficient (Wildman–Crippen LogP) is 2.59. The smallest absolute Gasteiger partial charge is 0.370 e. The first-order chi connectivity index (χ1) is 7.82. The van der Waals surface area contributed by atoms with Crippen LogP contribution in [-0.4, -0.2) is 5.91 Å². The molecule has 2 nitrogen and oxygen atoms in total. The molecule has 0 bridgehead atoms. The molecule has 0 aromatic heterocycles. The monoisotopic (exact) mass is 249 g/mol. The summed E-state index contributed by atoms with van der Waals surface area (Å²) in [7, 11) is 0. The number of nitrogens with two attached hydrogens (primary N) is 1. The Morgan fingerprint density at radius 3 is 2.24 bits per heavy atom. The lowest BCUT2D eigenvalue weighted by molar-refractivity contribution is -0.137. The van der Waals surface area contributed by atoms with Crippen LogP contribution < -0.4 is 5.73 Å². The van der Waals surface area contributed by atoms with Gasteiger partial charge in [0.05, 0.1) is 5.56 Å². The molecule has 0 atom stereocenters. The molecule has 0 aliphatic heterocycles. The van der Waals surface area contributed by atoms with E-state index in [9.17, 15) is 22.4 Å². The van der Waals surface area contributed by atoms with Crippen LogP contribution in [0.15, 0.2) is 18.2 Å². The van der Waals surface area contributed by atoms with Crippen molar-refractivity contribution in [3.8, 4) is 0 Å². The number of primary amides is 1. The maximum absolute atomic E-state index is 12.5. The Labute approximate surface area is 95.4 Å². The van der Waals surface area contributed by atoms with Gasteiger partial charge in [-0.15, -0.1) is 0 Å². The molecule has 0 heterocycles. The quantitative estimate of drug-likeness (QED) is 0.819. The van der Waals surface area contributed by atoms with Gasteiger partial charge in [-0.25, -0.2) is 4.39 Å². The van der Waals surface area contributed by atoms with Gasteiger partial charge in [0.25, 0.3) is 0 Å². The van der Waals surface area contributed by atoms with E-state index in [4.69, 9.17) is 5.73 Å². The Balaban J connectivity index is 3.01. The molecule has 17 heavy (non-hydrogen) atoms. The Morgan fingerprint density at radius 1 is 1.18 bits per heavy atom. The summed E-state index contributed by atoms with van der Waals surface area (Å²) >= 11 is 0. The summed E-state index contributed by atoms with van der Waals surface area (Å²) in [6, 6.07) is 2.97. The first-order valence-corrected chi connectivity index (χ1v) is 4.87. The van der Waals surface area contributed by atoms with Gasteiger partial charge in [0.1, 0.15) is 6.67 Å². The van der Waals surface area contributed by atoms with E-state index in [0.717, 1.165) is 12.1 Å². The lowest BCUT2D eigenvalue weighted by atomic mass is 10.0. The van der Waals surface area contributed by atoms with Crippen LogP contribution >= 0.6 is 0 Å². The number of hydrogen-bond donors (Lipinski definition) is 1.